The number of imide groups is 1. The van der Waals surface area contributed by atoms with Crippen LogP contribution in [0.2, 0.25) is 0 Å². The van der Waals surface area contributed by atoms with E-state index in [9.17, 15) is 19.2 Å². The van der Waals surface area contributed by atoms with Gasteiger partial charge in [-0.2, -0.15) is 0 Å². The summed E-state index contributed by atoms with van der Waals surface area (Å²) < 4.78 is 5.21. The van der Waals surface area contributed by atoms with Gasteiger partial charge in [0, 0.05) is 17.0 Å². The average molecular weight is 331 g/mol. The molecule has 8 heteroatoms. The number of amides is 3. The van der Waals surface area contributed by atoms with Crippen LogP contribution in [0.25, 0.3) is 10.9 Å². The van der Waals surface area contributed by atoms with Gasteiger partial charge in [-0.15, -0.1) is 0 Å². The van der Waals surface area contributed by atoms with Gasteiger partial charge in [0.1, 0.15) is 0 Å². The molecule has 0 saturated carbocycles. The number of aromatic amines is 1. The number of pyridine rings is 1. The maximum Gasteiger partial charge on any atom is 0.339 e. The SMILES string of the molecule is CC(C)C(OC(=O)c1cc(=O)[nH]c2ccccc12)C(=O)NC(N)=O. The van der Waals surface area contributed by atoms with Crippen LogP contribution in [-0.4, -0.2) is 29.0 Å². The molecule has 2 rings (SSSR count). The first-order chi connectivity index (χ1) is 11.3. The number of primary amides is 1. The number of carbonyl (C=O) groups excluding carboxylic acids is 3. The minimum Gasteiger partial charge on any atom is -0.448 e. The first-order valence-electron chi connectivity index (χ1n) is 7.23. The molecule has 1 aromatic carbocycles. The molecule has 1 atom stereocenters. The maximum atomic E-state index is 12.4. The van der Waals surface area contributed by atoms with Gasteiger partial charge in [0.25, 0.3) is 5.91 Å². The number of para-hydroxylation sites is 1. The van der Waals surface area contributed by atoms with E-state index in [4.69, 9.17) is 10.5 Å². The van der Waals surface area contributed by atoms with Crippen LogP contribution in [0.3, 0.4) is 0 Å². The minimum absolute atomic E-state index is 0.0341. The number of benzene rings is 1. The largest absolute Gasteiger partial charge is 0.448 e. The zero-order chi connectivity index (χ0) is 17.9. The number of urea groups is 1. The molecule has 4 N–H and O–H groups in total. The van der Waals surface area contributed by atoms with Gasteiger partial charge in [0.05, 0.1) is 5.56 Å². The van der Waals surface area contributed by atoms with E-state index in [2.05, 4.69) is 4.98 Å². The number of hydrogen-bond acceptors (Lipinski definition) is 5. The molecule has 0 radical (unpaired) electrons. The topological polar surface area (TPSA) is 131 Å². The van der Waals surface area contributed by atoms with Gasteiger partial charge in [-0.05, 0) is 12.0 Å². The molecule has 8 nitrogen and oxygen atoms in total. The number of rotatable bonds is 4. The third kappa shape index (κ3) is 3.78. The second-order valence-electron chi connectivity index (χ2n) is 5.52. The summed E-state index contributed by atoms with van der Waals surface area (Å²) in [4.78, 5) is 49.5. The number of fused-ring (bicyclic) bond motifs is 1. The molecule has 24 heavy (non-hydrogen) atoms. The molecule has 3 amide bonds. The molecule has 1 unspecified atom stereocenters. The van der Waals surface area contributed by atoms with Gasteiger partial charge in [0.2, 0.25) is 5.56 Å². The summed E-state index contributed by atoms with van der Waals surface area (Å²) in [5, 5.41) is 2.37. The quantitative estimate of drug-likeness (QED) is 0.716. The number of nitrogens with two attached hydrogens (primary N) is 1. The van der Waals surface area contributed by atoms with Gasteiger partial charge in [0.15, 0.2) is 6.10 Å². The Bertz CT molecular complexity index is 856. The highest BCUT2D eigenvalue weighted by molar-refractivity contribution is 6.04. The zero-order valence-corrected chi connectivity index (χ0v) is 13.2. The fraction of sp³-hybridized carbons (Fsp3) is 0.250. The van der Waals surface area contributed by atoms with Gasteiger partial charge in [-0.25, -0.2) is 9.59 Å². The molecule has 0 aliphatic heterocycles. The van der Waals surface area contributed by atoms with Crippen LogP contribution < -0.4 is 16.6 Å². The van der Waals surface area contributed by atoms with Crippen LogP contribution in [0.5, 0.6) is 0 Å². The molecule has 126 valence electrons. The Morgan fingerprint density at radius 3 is 2.50 bits per heavy atom. The normalized spacial score (nSPS) is 12.0. The molecule has 0 fully saturated rings. The lowest BCUT2D eigenvalue weighted by atomic mass is 10.1. The van der Waals surface area contributed by atoms with E-state index < -0.39 is 35.5 Å². The number of H-pyrrole nitrogens is 1. The van der Waals surface area contributed by atoms with Crippen molar-refractivity contribution in [2.24, 2.45) is 11.7 Å². The highest BCUT2D eigenvalue weighted by Crippen LogP contribution is 2.17. The molecule has 2 aromatic rings. The lowest BCUT2D eigenvalue weighted by Gasteiger charge is -2.20. The minimum atomic E-state index is -1.22. The number of nitrogens with one attached hydrogen (secondary N) is 2. The van der Waals surface area contributed by atoms with Gasteiger partial charge < -0.3 is 15.5 Å². The van der Waals surface area contributed by atoms with Crippen molar-refractivity contribution in [3.63, 3.8) is 0 Å². The number of aromatic nitrogens is 1. The molecule has 0 aliphatic rings. The smallest absolute Gasteiger partial charge is 0.339 e. The summed E-state index contributed by atoms with van der Waals surface area (Å²) in [5.41, 5.74) is 4.95. The molecule has 0 spiro atoms. The van der Waals surface area contributed by atoms with Crippen molar-refractivity contribution in [2.45, 2.75) is 20.0 Å². The second kappa shape index (κ2) is 6.95. The van der Waals surface area contributed by atoms with Gasteiger partial charge >= 0.3 is 12.0 Å². The van der Waals surface area contributed by atoms with Crippen molar-refractivity contribution in [2.75, 3.05) is 0 Å². The highest BCUT2D eigenvalue weighted by atomic mass is 16.5. The van der Waals surface area contributed by atoms with Crippen LogP contribution in [0.1, 0.15) is 24.2 Å². The molecular formula is C16H17N3O5. The summed E-state index contributed by atoms with van der Waals surface area (Å²) in [5.74, 6) is -2.06. The Morgan fingerprint density at radius 2 is 1.88 bits per heavy atom. The van der Waals surface area contributed by atoms with Crippen LogP contribution >= 0.6 is 0 Å². The summed E-state index contributed by atoms with van der Waals surface area (Å²) in [6.07, 6.45) is -1.22. The van der Waals surface area contributed by atoms with Crippen molar-refractivity contribution < 1.29 is 19.1 Å². The maximum absolute atomic E-state index is 12.4. The van der Waals surface area contributed by atoms with Gasteiger partial charge in [-0.3, -0.25) is 14.9 Å². The van der Waals surface area contributed by atoms with Crippen molar-refractivity contribution in [3.05, 3.63) is 46.2 Å². The standard InChI is InChI=1S/C16H17N3O5/c1-8(2)13(14(21)19-16(17)23)24-15(22)10-7-12(20)18-11-6-4-3-5-9(10)11/h3-8,13H,1-2H3,(H,18,20)(H3,17,19,21,23). The van der Waals surface area contributed by atoms with E-state index in [-0.39, 0.29) is 5.56 Å². The molecule has 0 bridgehead atoms. The predicted molar refractivity (Wildman–Crippen MR) is 86.3 cm³/mol. The first-order valence-corrected chi connectivity index (χ1v) is 7.23. The van der Waals surface area contributed by atoms with Crippen LogP contribution in [-0.2, 0) is 9.53 Å². The predicted octanol–water partition coefficient (Wildman–Crippen LogP) is 0.904. The summed E-state index contributed by atoms with van der Waals surface area (Å²) >= 11 is 0. The number of hydrogen-bond donors (Lipinski definition) is 3. The molecule has 0 aliphatic carbocycles. The highest BCUT2D eigenvalue weighted by Gasteiger charge is 2.28. The Hall–Kier alpha value is -3.16. The zero-order valence-electron chi connectivity index (χ0n) is 13.2. The van der Waals surface area contributed by atoms with E-state index in [0.717, 1.165) is 6.07 Å². The van der Waals surface area contributed by atoms with E-state index in [1.807, 2.05) is 5.32 Å². The van der Waals surface area contributed by atoms with Crippen LogP contribution in [0.4, 0.5) is 4.79 Å². The lowest BCUT2D eigenvalue weighted by Crippen LogP contribution is -2.45. The summed E-state index contributed by atoms with van der Waals surface area (Å²) in [6.45, 7) is 3.29. The molecule has 0 saturated heterocycles. The number of ether oxygens (including phenoxy) is 1. The Kier molecular flexibility index (Phi) is 4.98. The lowest BCUT2D eigenvalue weighted by molar-refractivity contribution is -0.130. The Labute approximate surface area is 137 Å². The third-order valence-electron chi connectivity index (χ3n) is 3.31. The van der Waals surface area contributed by atoms with Gasteiger partial charge in [-0.1, -0.05) is 32.0 Å². The average Bonchev–Trinajstić information content (AvgIpc) is 2.50. The summed E-state index contributed by atoms with van der Waals surface area (Å²) in [6, 6.07) is 6.78. The van der Waals surface area contributed by atoms with Crippen molar-refractivity contribution in [1.82, 2.24) is 10.3 Å². The molecular weight excluding hydrogens is 314 g/mol. The monoisotopic (exact) mass is 331 g/mol. The van der Waals surface area contributed by atoms with Crippen LogP contribution in [0.15, 0.2) is 35.1 Å². The third-order valence-corrected chi connectivity index (χ3v) is 3.31. The number of esters is 1. The van der Waals surface area contributed by atoms with E-state index in [1.54, 1.807) is 38.1 Å². The molecule has 1 heterocycles. The van der Waals surface area contributed by atoms with E-state index >= 15 is 0 Å². The fourth-order valence-electron chi connectivity index (χ4n) is 2.24. The van der Waals surface area contributed by atoms with Crippen LogP contribution in [0, 0.1) is 5.92 Å². The summed E-state index contributed by atoms with van der Waals surface area (Å²) in [7, 11) is 0. The second-order valence-corrected chi connectivity index (χ2v) is 5.52. The van der Waals surface area contributed by atoms with E-state index in [0.29, 0.717) is 10.9 Å². The molecule has 1 aromatic heterocycles. The van der Waals surface area contributed by atoms with Crippen molar-refractivity contribution in [1.29, 1.82) is 0 Å². The first kappa shape index (κ1) is 17.2. The fourth-order valence-corrected chi connectivity index (χ4v) is 2.24. The van der Waals surface area contributed by atoms with E-state index in [1.165, 1.54) is 0 Å². The number of carbonyl (C=O) groups is 3. The van der Waals surface area contributed by atoms with Crippen molar-refractivity contribution >= 4 is 28.8 Å². The van der Waals surface area contributed by atoms with Crippen molar-refractivity contribution in [3.8, 4) is 0 Å². The Morgan fingerprint density at radius 1 is 1.21 bits per heavy atom. The Balaban J connectivity index is 2.36.